The molecule has 1 saturated carbocycles. The lowest BCUT2D eigenvalue weighted by molar-refractivity contribution is -0.129. The Labute approximate surface area is 152 Å². The Morgan fingerprint density at radius 2 is 2.08 bits per heavy atom. The summed E-state index contributed by atoms with van der Waals surface area (Å²) >= 11 is 0. The number of carbonyl (C=O) groups is 2. The van der Waals surface area contributed by atoms with Gasteiger partial charge in [0.05, 0.1) is 36.7 Å². The van der Waals surface area contributed by atoms with Crippen LogP contribution in [0.25, 0.3) is 0 Å². The number of aryl methyl sites for hydroxylation is 2. The molecule has 0 bridgehead atoms. The maximum atomic E-state index is 12.9. The van der Waals surface area contributed by atoms with Gasteiger partial charge < -0.3 is 14.8 Å². The van der Waals surface area contributed by atoms with Gasteiger partial charge in [-0.1, -0.05) is 0 Å². The summed E-state index contributed by atoms with van der Waals surface area (Å²) in [6.07, 6.45) is 7.54. The lowest BCUT2D eigenvalue weighted by atomic mass is 9.93. The van der Waals surface area contributed by atoms with E-state index in [1.54, 1.807) is 23.4 Å². The molecule has 138 valence electrons. The van der Waals surface area contributed by atoms with Crippen LogP contribution in [-0.4, -0.2) is 42.1 Å². The van der Waals surface area contributed by atoms with Crippen LogP contribution >= 0.6 is 0 Å². The summed E-state index contributed by atoms with van der Waals surface area (Å²) < 4.78 is 3.67. The van der Waals surface area contributed by atoms with E-state index in [1.165, 1.54) is 0 Å². The first-order valence-corrected chi connectivity index (χ1v) is 9.00. The zero-order chi connectivity index (χ0) is 18.4. The summed E-state index contributed by atoms with van der Waals surface area (Å²) in [5.41, 5.74) is 2.90. The first kappa shape index (κ1) is 16.8. The maximum Gasteiger partial charge on any atom is 0.226 e. The van der Waals surface area contributed by atoms with Crippen LogP contribution in [0.4, 0.5) is 0 Å². The van der Waals surface area contributed by atoms with Crippen LogP contribution in [0, 0.1) is 12.8 Å². The van der Waals surface area contributed by atoms with Gasteiger partial charge in [-0.3, -0.25) is 14.3 Å². The molecule has 4 rings (SSSR count). The van der Waals surface area contributed by atoms with Crippen molar-refractivity contribution in [3.8, 4) is 0 Å². The van der Waals surface area contributed by atoms with Crippen LogP contribution < -0.4 is 5.32 Å². The lowest BCUT2D eigenvalue weighted by Gasteiger charge is -2.28. The van der Waals surface area contributed by atoms with Gasteiger partial charge in [0.1, 0.15) is 0 Å². The molecule has 2 aromatic rings. The third-order valence-electron chi connectivity index (χ3n) is 5.59. The van der Waals surface area contributed by atoms with E-state index in [2.05, 4.69) is 15.4 Å². The number of amides is 2. The van der Waals surface area contributed by atoms with Crippen LogP contribution in [-0.2, 0) is 30.2 Å². The Morgan fingerprint density at radius 3 is 2.65 bits per heavy atom. The van der Waals surface area contributed by atoms with Crippen LogP contribution in [0.15, 0.2) is 18.7 Å². The van der Waals surface area contributed by atoms with E-state index in [9.17, 15) is 9.59 Å². The number of carbonyl (C=O) groups excluding carboxylic acids is 2. The summed E-state index contributed by atoms with van der Waals surface area (Å²) in [6, 6.07) is 0.0391. The molecule has 2 aliphatic rings. The monoisotopic (exact) mass is 356 g/mol. The van der Waals surface area contributed by atoms with Gasteiger partial charge in [-0.15, -0.1) is 0 Å². The van der Waals surface area contributed by atoms with Crippen molar-refractivity contribution in [2.24, 2.45) is 20.0 Å². The van der Waals surface area contributed by atoms with Gasteiger partial charge >= 0.3 is 0 Å². The number of nitrogens with zero attached hydrogens (tertiary/aromatic N) is 5. The summed E-state index contributed by atoms with van der Waals surface area (Å²) in [5.74, 6) is -0.406. The Balaban J connectivity index is 1.58. The molecule has 0 spiro atoms. The van der Waals surface area contributed by atoms with Crippen LogP contribution in [0.3, 0.4) is 0 Å². The second-order valence-electron chi connectivity index (χ2n) is 7.31. The fourth-order valence-corrected chi connectivity index (χ4v) is 3.81. The minimum absolute atomic E-state index is 0.0708. The average molecular weight is 356 g/mol. The highest BCUT2D eigenvalue weighted by atomic mass is 16.2. The third-order valence-corrected chi connectivity index (χ3v) is 5.59. The minimum Gasteiger partial charge on any atom is -0.350 e. The van der Waals surface area contributed by atoms with Gasteiger partial charge in [0, 0.05) is 44.0 Å². The number of rotatable bonds is 5. The molecule has 3 heterocycles. The van der Waals surface area contributed by atoms with Gasteiger partial charge in [-0.05, 0) is 19.8 Å². The molecule has 2 aromatic heterocycles. The van der Waals surface area contributed by atoms with Crippen LogP contribution in [0.1, 0.15) is 42.3 Å². The van der Waals surface area contributed by atoms with Gasteiger partial charge in [0.2, 0.25) is 11.8 Å². The summed E-state index contributed by atoms with van der Waals surface area (Å²) in [6.45, 7) is 2.39. The van der Waals surface area contributed by atoms with Gasteiger partial charge in [0.25, 0.3) is 0 Å². The predicted octanol–water partition coefficient (Wildman–Crippen LogP) is 0.830. The SMILES string of the molecule is Cc1c([C@@H]2[C@@H](C(=O)NCc3cncn3C)CC(=O)N2C2CC2)cnn1C. The summed E-state index contributed by atoms with van der Waals surface area (Å²) in [4.78, 5) is 31.6. The first-order valence-electron chi connectivity index (χ1n) is 9.00. The molecule has 1 aliphatic heterocycles. The Hall–Kier alpha value is -2.64. The molecule has 0 radical (unpaired) electrons. The summed E-state index contributed by atoms with van der Waals surface area (Å²) in [5, 5.41) is 7.32. The Bertz CT molecular complexity index is 850. The highest BCUT2D eigenvalue weighted by molar-refractivity contribution is 5.90. The quantitative estimate of drug-likeness (QED) is 0.860. The molecular formula is C18H24N6O2. The molecular weight excluding hydrogens is 332 g/mol. The van der Waals surface area contributed by atoms with Crippen molar-refractivity contribution in [3.05, 3.63) is 35.7 Å². The lowest BCUT2D eigenvalue weighted by Crippen LogP contribution is -2.36. The highest BCUT2D eigenvalue weighted by Gasteiger charge is 2.50. The fraction of sp³-hybridized carbons (Fsp3) is 0.556. The molecule has 2 fully saturated rings. The van der Waals surface area contributed by atoms with E-state index in [0.717, 1.165) is 29.8 Å². The van der Waals surface area contributed by atoms with Gasteiger partial charge in [-0.25, -0.2) is 4.98 Å². The van der Waals surface area contributed by atoms with E-state index in [1.807, 2.05) is 30.5 Å². The zero-order valence-electron chi connectivity index (χ0n) is 15.3. The van der Waals surface area contributed by atoms with Crippen molar-refractivity contribution in [2.75, 3.05) is 0 Å². The van der Waals surface area contributed by atoms with E-state index in [4.69, 9.17) is 0 Å². The molecule has 1 N–H and O–H groups in total. The molecule has 0 aromatic carbocycles. The largest absolute Gasteiger partial charge is 0.350 e. The standard InChI is InChI=1S/C18H24N6O2/c1-11-15(9-21-23(11)3)17-14(6-16(25)24(17)12-4-5-12)18(26)20-8-13-7-19-10-22(13)2/h7,9-10,12,14,17H,4-6,8H2,1-3H3,(H,20,26)/t14-,17-/m0/s1. The van der Waals surface area contributed by atoms with Gasteiger partial charge in [-0.2, -0.15) is 5.10 Å². The molecule has 8 nitrogen and oxygen atoms in total. The highest BCUT2D eigenvalue weighted by Crippen LogP contribution is 2.45. The van der Waals surface area contributed by atoms with E-state index in [0.29, 0.717) is 6.54 Å². The molecule has 1 aliphatic carbocycles. The Kier molecular flexibility index (Phi) is 4.05. The second-order valence-corrected chi connectivity index (χ2v) is 7.31. The Morgan fingerprint density at radius 1 is 1.31 bits per heavy atom. The normalized spacial score (nSPS) is 22.9. The second kappa shape index (κ2) is 6.26. The smallest absolute Gasteiger partial charge is 0.226 e. The van der Waals surface area contributed by atoms with E-state index in [-0.39, 0.29) is 36.2 Å². The van der Waals surface area contributed by atoms with Gasteiger partial charge in [0.15, 0.2) is 0 Å². The van der Waals surface area contributed by atoms with Crippen molar-refractivity contribution in [1.29, 1.82) is 0 Å². The van der Waals surface area contributed by atoms with Crippen molar-refractivity contribution < 1.29 is 9.59 Å². The summed E-state index contributed by atoms with van der Waals surface area (Å²) in [7, 11) is 3.78. The molecule has 26 heavy (non-hydrogen) atoms. The van der Waals surface area contributed by atoms with Crippen molar-refractivity contribution in [3.63, 3.8) is 0 Å². The minimum atomic E-state index is -0.390. The van der Waals surface area contributed by atoms with Crippen molar-refractivity contribution in [1.82, 2.24) is 29.5 Å². The molecule has 1 saturated heterocycles. The third kappa shape index (κ3) is 2.79. The van der Waals surface area contributed by atoms with Crippen molar-refractivity contribution in [2.45, 2.75) is 44.8 Å². The van der Waals surface area contributed by atoms with E-state index < -0.39 is 0 Å². The van der Waals surface area contributed by atoms with Crippen molar-refractivity contribution >= 4 is 11.8 Å². The number of likely N-dealkylation sites (tertiary alicyclic amines) is 1. The molecule has 2 atom stereocenters. The molecule has 0 unspecified atom stereocenters. The topological polar surface area (TPSA) is 85.1 Å². The number of aromatic nitrogens is 4. The average Bonchev–Trinajstić information content (AvgIpc) is 3.16. The number of imidazole rings is 1. The number of nitrogens with one attached hydrogen (secondary N) is 1. The van der Waals surface area contributed by atoms with Crippen LogP contribution in [0.5, 0.6) is 0 Å². The number of hydrogen-bond acceptors (Lipinski definition) is 4. The predicted molar refractivity (Wildman–Crippen MR) is 93.7 cm³/mol. The van der Waals surface area contributed by atoms with E-state index >= 15 is 0 Å². The molecule has 8 heteroatoms. The van der Waals surface area contributed by atoms with Crippen LogP contribution in [0.2, 0.25) is 0 Å². The maximum absolute atomic E-state index is 12.9. The zero-order valence-corrected chi connectivity index (χ0v) is 15.3. The number of hydrogen-bond donors (Lipinski definition) is 1. The molecule has 2 amide bonds. The first-order chi connectivity index (χ1) is 12.5. The fourth-order valence-electron chi connectivity index (χ4n) is 3.81.